The van der Waals surface area contributed by atoms with Gasteiger partial charge in [0.2, 0.25) is 0 Å². The van der Waals surface area contributed by atoms with Crippen molar-refractivity contribution < 1.29 is 80.2 Å². The van der Waals surface area contributed by atoms with Gasteiger partial charge in [-0.3, -0.25) is 37.3 Å². The highest BCUT2D eigenvalue weighted by Gasteiger charge is 2.30. The number of ether oxygens (including phenoxy) is 4. The summed E-state index contributed by atoms with van der Waals surface area (Å²) in [4.78, 5) is 73.1. The second kappa shape index (κ2) is 75.9. The molecule has 19 heteroatoms. The Balaban J connectivity index is 5.23. The monoisotopic (exact) mass is 1490 g/mol. The molecule has 0 aliphatic heterocycles. The fraction of sp³-hybridized carbons (Fsp3) is 0.952. The molecule has 5 atom stereocenters. The molecule has 0 bridgehead atoms. The Morgan fingerprint density at radius 2 is 0.451 bits per heavy atom. The van der Waals surface area contributed by atoms with E-state index in [2.05, 4.69) is 34.6 Å². The molecular weight excluding hydrogens is 1330 g/mol. The smallest absolute Gasteiger partial charge is 0.462 e. The first-order valence-corrected chi connectivity index (χ1v) is 46.1. The summed E-state index contributed by atoms with van der Waals surface area (Å²) in [6.07, 6.45) is 67.9. The van der Waals surface area contributed by atoms with Crippen LogP contribution in [0.3, 0.4) is 0 Å². The second-order valence-electron chi connectivity index (χ2n) is 30.3. The number of rotatable bonds is 83. The van der Waals surface area contributed by atoms with Crippen molar-refractivity contribution in [3.05, 3.63) is 0 Å². The van der Waals surface area contributed by atoms with Crippen molar-refractivity contribution in [3.63, 3.8) is 0 Å². The molecule has 606 valence electrons. The van der Waals surface area contributed by atoms with E-state index in [0.29, 0.717) is 25.7 Å². The minimum atomic E-state index is -4.96. The van der Waals surface area contributed by atoms with Gasteiger partial charge in [0.1, 0.15) is 19.3 Å². The normalized spacial score (nSPS) is 13.8. The van der Waals surface area contributed by atoms with E-state index >= 15 is 0 Å². The van der Waals surface area contributed by atoms with Crippen LogP contribution in [0.2, 0.25) is 0 Å². The largest absolute Gasteiger partial charge is 0.472 e. The van der Waals surface area contributed by atoms with Crippen LogP contribution < -0.4 is 0 Å². The van der Waals surface area contributed by atoms with Crippen LogP contribution in [0.15, 0.2) is 0 Å². The Morgan fingerprint density at radius 1 is 0.265 bits per heavy atom. The summed E-state index contributed by atoms with van der Waals surface area (Å²) in [5.74, 6) is -1.31. The summed E-state index contributed by atoms with van der Waals surface area (Å²) in [5.41, 5.74) is 0. The Labute approximate surface area is 626 Å². The SMILES string of the molecule is CCCCCCCCCCCCCCCCCCCCCCCC(=O)O[C@H](COC(=O)CCCCCCCCCCCCCCCC(C)C)COP(=O)(O)OC[C@@H](O)COP(=O)(O)OC[C@@H](COC(=O)CCCCCCCCCCCCC)OC(=O)CCCCCCCCCCCCCCCC. The molecule has 3 N–H and O–H groups in total. The standard InChI is InChI=1S/C83H162O17P2/c1-6-9-12-15-18-21-24-26-28-29-30-31-32-33-34-38-44-49-54-59-64-69-83(88)100-79(73-94-81(86)67-62-57-52-47-42-39-35-36-41-45-50-55-60-65-76(4)5)75-98-102(91,92)96-71-77(84)70-95-101(89,90)97-74-78(72-93-80(85)66-61-56-51-46-40-23-20-17-14-11-8-3)99-82(87)68-63-58-53-48-43-37-27-25-22-19-16-13-10-7-2/h76-79,84H,6-75H2,1-5H3,(H,89,90)(H,91,92)/t77-,78+,79+/m0/s1. The average Bonchev–Trinajstić information content (AvgIpc) is 0.909. The van der Waals surface area contributed by atoms with Gasteiger partial charge in [-0.25, -0.2) is 9.13 Å². The topological polar surface area (TPSA) is 237 Å². The van der Waals surface area contributed by atoms with Gasteiger partial charge in [-0.05, 0) is 31.6 Å². The molecule has 0 aliphatic rings. The van der Waals surface area contributed by atoms with Gasteiger partial charge in [0.05, 0.1) is 26.4 Å². The molecule has 0 saturated carbocycles. The molecule has 0 spiro atoms. The number of unbranched alkanes of at least 4 members (excludes halogenated alkanes) is 55. The summed E-state index contributed by atoms with van der Waals surface area (Å²) < 4.78 is 68.8. The summed E-state index contributed by atoms with van der Waals surface area (Å²) >= 11 is 0. The van der Waals surface area contributed by atoms with E-state index in [1.165, 1.54) is 270 Å². The van der Waals surface area contributed by atoms with Gasteiger partial charge < -0.3 is 33.8 Å². The molecule has 0 saturated heterocycles. The maximum Gasteiger partial charge on any atom is 0.472 e. The molecule has 0 fully saturated rings. The lowest BCUT2D eigenvalue weighted by atomic mass is 10.0. The summed E-state index contributed by atoms with van der Waals surface area (Å²) in [5, 5.41) is 10.7. The number of phosphoric acid groups is 2. The van der Waals surface area contributed by atoms with E-state index in [9.17, 15) is 43.2 Å². The first kappa shape index (κ1) is 100. The summed E-state index contributed by atoms with van der Waals surface area (Å²) in [7, 11) is -9.92. The van der Waals surface area contributed by atoms with Crippen molar-refractivity contribution >= 4 is 39.5 Å². The third-order valence-electron chi connectivity index (χ3n) is 19.5. The molecular formula is C83H162O17P2. The van der Waals surface area contributed by atoms with Gasteiger partial charge in [-0.1, -0.05) is 394 Å². The summed E-state index contributed by atoms with van der Waals surface area (Å²) in [6.45, 7) is 7.36. The number of aliphatic hydroxyl groups is 1. The molecule has 0 radical (unpaired) electrons. The van der Waals surface area contributed by atoms with Crippen LogP contribution >= 0.6 is 15.6 Å². The number of esters is 4. The third-order valence-corrected chi connectivity index (χ3v) is 21.4. The lowest BCUT2D eigenvalue weighted by molar-refractivity contribution is -0.161. The first-order chi connectivity index (χ1) is 49.5. The number of carbonyl (C=O) groups is 4. The molecule has 0 rings (SSSR count). The molecule has 0 heterocycles. The van der Waals surface area contributed by atoms with Gasteiger partial charge in [-0.2, -0.15) is 0 Å². The predicted molar refractivity (Wildman–Crippen MR) is 418 cm³/mol. The fourth-order valence-electron chi connectivity index (χ4n) is 12.9. The molecule has 0 aromatic rings. The van der Waals surface area contributed by atoms with Crippen molar-refractivity contribution in [1.29, 1.82) is 0 Å². The van der Waals surface area contributed by atoms with E-state index in [4.69, 9.17) is 37.0 Å². The zero-order valence-corrected chi connectivity index (χ0v) is 68.5. The highest BCUT2D eigenvalue weighted by Crippen LogP contribution is 2.45. The first-order valence-electron chi connectivity index (χ1n) is 43.1. The van der Waals surface area contributed by atoms with Gasteiger partial charge in [-0.15, -0.1) is 0 Å². The Morgan fingerprint density at radius 3 is 0.667 bits per heavy atom. The second-order valence-corrected chi connectivity index (χ2v) is 33.3. The van der Waals surface area contributed by atoms with E-state index in [-0.39, 0.29) is 25.7 Å². The molecule has 0 amide bonds. The van der Waals surface area contributed by atoms with Gasteiger partial charge in [0.15, 0.2) is 12.2 Å². The molecule has 17 nitrogen and oxygen atoms in total. The molecule has 0 aliphatic carbocycles. The van der Waals surface area contributed by atoms with Crippen LogP contribution in [0.5, 0.6) is 0 Å². The van der Waals surface area contributed by atoms with E-state index in [0.717, 1.165) is 95.8 Å². The zero-order chi connectivity index (χ0) is 74.8. The highest BCUT2D eigenvalue weighted by atomic mass is 31.2. The fourth-order valence-corrected chi connectivity index (χ4v) is 14.5. The van der Waals surface area contributed by atoms with Crippen molar-refractivity contribution in [2.24, 2.45) is 5.92 Å². The molecule has 102 heavy (non-hydrogen) atoms. The Hall–Kier alpha value is -1.94. The van der Waals surface area contributed by atoms with Crippen LogP contribution in [0.25, 0.3) is 0 Å². The van der Waals surface area contributed by atoms with Crippen molar-refractivity contribution in [2.45, 2.75) is 464 Å². The maximum atomic E-state index is 13.1. The minimum absolute atomic E-state index is 0.109. The van der Waals surface area contributed by atoms with E-state index < -0.39 is 97.5 Å². The maximum absolute atomic E-state index is 13.1. The average molecular weight is 1490 g/mol. The van der Waals surface area contributed by atoms with Crippen LogP contribution in [0.1, 0.15) is 446 Å². The predicted octanol–water partition coefficient (Wildman–Crippen LogP) is 25.2. The number of hydrogen-bond donors (Lipinski definition) is 3. The van der Waals surface area contributed by atoms with Crippen LogP contribution in [0, 0.1) is 5.92 Å². The van der Waals surface area contributed by atoms with E-state index in [1.807, 2.05) is 0 Å². The zero-order valence-electron chi connectivity index (χ0n) is 66.8. The van der Waals surface area contributed by atoms with Gasteiger partial charge in [0.25, 0.3) is 0 Å². The third kappa shape index (κ3) is 76.3. The van der Waals surface area contributed by atoms with Crippen molar-refractivity contribution in [1.82, 2.24) is 0 Å². The Bertz CT molecular complexity index is 1940. The number of aliphatic hydroxyl groups excluding tert-OH is 1. The Kier molecular flexibility index (Phi) is 74.4. The van der Waals surface area contributed by atoms with Crippen molar-refractivity contribution in [3.8, 4) is 0 Å². The van der Waals surface area contributed by atoms with Crippen molar-refractivity contribution in [2.75, 3.05) is 39.6 Å². The summed E-state index contributed by atoms with van der Waals surface area (Å²) in [6, 6.07) is 0. The highest BCUT2D eigenvalue weighted by molar-refractivity contribution is 7.47. The molecule has 2 unspecified atom stereocenters. The van der Waals surface area contributed by atoms with Gasteiger partial charge >= 0.3 is 39.5 Å². The van der Waals surface area contributed by atoms with Crippen LogP contribution in [0.4, 0.5) is 0 Å². The van der Waals surface area contributed by atoms with Crippen LogP contribution in [-0.4, -0.2) is 96.7 Å². The number of phosphoric ester groups is 2. The lowest BCUT2D eigenvalue weighted by Gasteiger charge is -2.21. The minimum Gasteiger partial charge on any atom is -0.462 e. The van der Waals surface area contributed by atoms with E-state index in [1.54, 1.807) is 0 Å². The molecule has 0 aromatic carbocycles. The quantitative estimate of drug-likeness (QED) is 0.0222. The van der Waals surface area contributed by atoms with Gasteiger partial charge in [0, 0.05) is 25.7 Å². The lowest BCUT2D eigenvalue weighted by Crippen LogP contribution is -2.30. The number of carbonyl (C=O) groups excluding carboxylic acids is 4. The number of hydrogen-bond acceptors (Lipinski definition) is 15. The van der Waals surface area contributed by atoms with Crippen LogP contribution in [-0.2, 0) is 65.4 Å². The molecule has 0 aromatic heterocycles.